The number of fused-ring (bicyclic) bond motifs is 2. The molecule has 1 N–H and O–H groups in total. The molecule has 0 saturated heterocycles. The van der Waals surface area contributed by atoms with Crippen LogP contribution in [0.5, 0.6) is 0 Å². The zero-order valence-electron chi connectivity index (χ0n) is 12.9. The van der Waals surface area contributed by atoms with E-state index in [4.69, 9.17) is 11.6 Å². The van der Waals surface area contributed by atoms with Crippen LogP contribution < -0.4 is 4.90 Å². The molecule has 0 aliphatic carbocycles. The summed E-state index contributed by atoms with van der Waals surface area (Å²) in [5.74, 6) is -0.896. The Morgan fingerprint density at radius 3 is 2.68 bits per heavy atom. The van der Waals surface area contributed by atoms with Crippen LogP contribution in [-0.4, -0.2) is 27.0 Å². The highest BCUT2D eigenvalue weighted by Crippen LogP contribution is 2.39. The van der Waals surface area contributed by atoms with Crippen LogP contribution in [-0.2, 0) is 4.79 Å². The lowest BCUT2D eigenvalue weighted by molar-refractivity contribution is -0.137. The molecule has 0 fully saturated rings. The highest BCUT2D eigenvalue weighted by atomic mass is 35.5. The minimum Gasteiger partial charge on any atom is -0.481 e. The normalized spacial score (nSPS) is 16.3. The first-order valence-electron chi connectivity index (χ1n) is 7.62. The molecular weight excluding hydrogens is 342 g/mol. The van der Waals surface area contributed by atoms with Crippen LogP contribution in [0.2, 0.25) is 5.15 Å². The van der Waals surface area contributed by atoms with Crippen LogP contribution in [0.25, 0.3) is 11.0 Å². The van der Waals surface area contributed by atoms with Crippen molar-refractivity contribution in [2.24, 2.45) is 0 Å². The molecule has 0 unspecified atom stereocenters. The van der Waals surface area contributed by atoms with Gasteiger partial charge in [-0.3, -0.25) is 14.5 Å². The lowest BCUT2D eigenvalue weighted by Crippen LogP contribution is -2.30. The van der Waals surface area contributed by atoms with E-state index in [0.717, 1.165) is 5.39 Å². The predicted molar refractivity (Wildman–Crippen MR) is 92.8 cm³/mol. The van der Waals surface area contributed by atoms with Crippen molar-refractivity contribution in [2.75, 3.05) is 4.90 Å². The number of hydrogen-bond acceptors (Lipinski definition) is 4. The Hall–Kier alpha value is -2.99. The third kappa shape index (κ3) is 2.60. The van der Waals surface area contributed by atoms with Crippen molar-refractivity contribution in [3.05, 3.63) is 64.8 Å². The molecule has 0 bridgehead atoms. The Labute approximate surface area is 147 Å². The number of carboxylic acid groups (broad SMARTS) is 1. The van der Waals surface area contributed by atoms with Gasteiger partial charge in [-0.15, -0.1) is 0 Å². The molecule has 25 heavy (non-hydrogen) atoms. The topological polar surface area (TPSA) is 83.4 Å². The van der Waals surface area contributed by atoms with E-state index in [2.05, 4.69) is 9.97 Å². The second kappa shape index (κ2) is 5.82. The number of anilines is 1. The first-order chi connectivity index (χ1) is 12.0. The maximum absolute atomic E-state index is 12.8. The SMILES string of the molecule is O=C(O)C[C@H]1c2ccccc2C(=O)N1c1ccc2ccc(Cl)nc2n1. The Bertz CT molecular complexity index is 1020. The van der Waals surface area contributed by atoms with Crippen molar-refractivity contribution >= 4 is 40.3 Å². The first kappa shape index (κ1) is 15.5. The van der Waals surface area contributed by atoms with E-state index >= 15 is 0 Å². The molecule has 124 valence electrons. The van der Waals surface area contributed by atoms with Gasteiger partial charge in [0.1, 0.15) is 11.0 Å². The number of carbonyl (C=O) groups excluding carboxylic acids is 1. The quantitative estimate of drug-likeness (QED) is 0.729. The summed E-state index contributed by atoms with van der Waals surface area (Å²) >= 11 is 5.92. The lowest BCUT2D eigenvalue weighted by atomic mass is 10.0. The van der Waals surface area contributed by atoms with Gasteiger partial charge < -0.3 is 5.11 Å². The summed E-state index contributed by atoms with van der Waals surface area (Å²) in [6.07, 6.45) is -0.203. The highest BCUT2D eigenvalue weighted by Gasteiger charge is 2.39. The fraction of sp³-hybridized carbons (Fsp3) is 0.111. The van der Waals surface area contributed by atoms with Gasteiger partial charge >= 0.3 is 5.97 Å². The van der Waals surface area contributed by atoms with Crippen LogP contribution in [0.1, 0.15) is 28.4 Å². The van der Waals surface area contributed by atoms with E-state index in [-0.39, 0.29) is 12.3 Å². The van der Waals surface area contributed by atoms with Gasteiger partial charge in [-0.25, -0.2) is 9.97 Å². The number of carboxylic acids is 1. The predicted octanol–water partition coefficient (Wildman–Crippen LogP) is 3.46. The molecule has 0 saturated carbocycles. The number of aliphatic carboxylic acids is 1. The summed E-state index contributed by atoms with van der Waals surface area (Å²) < 4.78 is 0. The average molecular weight is 354 g/mol. The number of carbonyl (C=O) groups is 2. The fourth-order valence-electron chi connectivity index (χ4n) is 3.12. The standard InChI is InChI=1S/C18H12ClN3O3/c19-14-7-5-10-6-8-15(21-17(10)20-14)22-13(9-16(23)24)11-3-1-2-4-12(11)18(22)25/h1-8,13H,9H2,(H,23,24)/t13-/m0/s1. The van der Waals surface area contributed by atoms with Crippen LogP contribution in [0, 0.1) is 0 Å². The number of amides is 1. The summed E-state index contributed by atoms with van der Waals surface area (Å²) in [5, 5.41) is 10.4. The van der Waals surface area contributed by atoms with Crippen molar-refractivity contribution in [2.45, 2.75) is 12.5 Å². The number of benzene rings is 1. The van der Waals surface area contributed by atoms with Crippen molar-refractivity contribution in [3.8, 4) is 0 Å². The van der Waals surface area contributed by atoms with E-state index < -0.39 is 12.0 Å². The van der Waals surface area contributed by atoms with Gasteiger partial charge in [0.25, 0.3) is 5.91 Å². The molecule has 0 spiro atoms. The Balaban J connectivity index is 1.85. The van der Waals surface area contributed by atoms with Crippen LogP contribution in [0.3, 0.4) is 0 Å². The molecule has 1 amide bonds. The Morgan fingerprint density at radius 2 is 1.88 bits per heavy atom. The Kier molecular flexibility index (Phi) is 3.62. The number of hydrogen-bond donors (Lipinski definition) is 1. The van der Waals surface area contributed by atoms with Gasteiger partial charge in [0.05, 0.1) is 12.5 Å². The maximum atomic E-state index is 12.8. The van der Waals surface area contributed by atoms with Gasteiger partial charge in [0.2, 0.25) is 0 Å². The second-order valence-corrected chi connectivity index (χ2v) is 6.11. The van der Waals surface area contributed by atoms with Crippen LogP contribution in [0.15, 0.2) is 48.5 Å². The molecule has 1 aliphatic heterocycles. The Morgan fingerprint density at radius 1 is 1.12 bits per heavy atom. The zero-order chi connectivity index (χ0) is 17.6. The van der Waals surface area contributed by atoms with E-state index in [0.29, 0.717) is 27.7 Å². The molecule has 3 aromatic rings. The third-order valence-corrected chi connectivity index (χ3v) is 4.41. The minimum atomic E-state index is -0.985. The van der Waals surface area contributed by atoms with Crippen LogP contribution in [0.4, 0.5) is 5.82 Å². The summed E-state index contributed by atoms with van der Waals surface area (Å²) in [6.45, 7) is 0. The molecule has 1 aliphatic rings. The van der Waals surface area contributed by atoms with Gasteiger partial charge in [-0.2, -0.15) is 0 Å². The summed E-state index contributed by atoms with van der Waals surface area (Å²) in [4.78, 5) is 34.2. The molecule has 6 nitrogen and oxygen atoms in total. The van der Waals surface area contributed by atoms with Gasteiger partial charge in [-0.1, -0.05) is 29.8 Å². The minimum absolute atomic E-state index is 0.203. The first-order valence-corrected chi connectivity index (χ1v) is 8.00. The lowest BCUT2D eigenvalue weighted by Gasteiger charge is -2.23. The van der Waals surface area contributed by atoms with Crippen LogP contribution >= 0.6 is 11.6 Å². The molecular formula is C18H12ClN3O3. The zero-order valence-corrected chi connectivity index (χ0v) is 13.6. The highest BCUT2D eigenvalue weighted by molar-refractivity contribution is 6.29. The molecule has 1 aromatic carbocycles. The van der Waals surface area contributed by atoms with E-state index in [9.17, 15) is 14.7 Å². The van der Waals surface area contributed by atoms with E-state index in [1.54, 1.807) is 48.5 Å². The van der Waals surface area contributed by atoms with E-state index in [1.807, 2.05) is 0 Å². The monoisotopic (exact) mass is 353 g/mol. The number of rotatable bonds is 3. The van der Waals surface area contributed by atoms with E-state index in [1.165, 1.54) is 4.90 Å². The number of pyridine rings is 2. The van der Waals surface area contributed by atoms with Gasteiger partial charge in [0.15, 0.2) is 5.65 Å². The molecule has 3 heterocycles. The fourth-order valence-corrected chi connectivity index (χ4v) is 3.27. The summed E-state index contributed by atoms with van der Waals surface area (Å²) in [6, 6.07) is 13.3. The molecule has 4 rings (SSSR count). The van der Waals surface area contributed by atoms with Crippen molar-refractivity contribution in [1.82, 2.24) is 9.97 Å². The average Bonchev–Trinajstić information content (AvgIpc) is 2.86. The molecule has 1 atom stereocenters. The van der Waals surface area contributed by atoms with Crippen molar-refractivity contribution < 1.29 is 14.7 Å². The molecule has 2 aromatic heterocycles. The number of halogens is 1. The van der Waals surface area contributed by atoms with Crippen molar-refractivity contribution in [3.63, 3.8) is 0 Å². The molecule has 0 radical (unpaired) electrons. The number of aromatic nitrogens is 2. The summed E-state index contributed by atoms with van der Waals surface area (Å²) in [5.41, 5.74) is 1.59. The second-order valence-electron chi connectivity index (χ2n) is 5.73. The van der Waals surface area contributed by atoms with Crippen molar-refractivity contribution in [1.29, 1.82) is 0 Å². The van der Waals surface area contributed by atoms with Gasteiger partial charge in [0, 0.05) is 10.9 Å². The van der Waals surface area contributed by atoms with Gasteiger partial charge in [-0.05, 0) is 35.9 Å². The third-order valence-electron chi connectivity index (χ3n) is 4.20. The maximum Gasteiger partial charge on any atom is 0.305 e. The number of nitrogens with zero attached hydrogens (tertiary/aromatic N) is 3. The molecule has 7 heteroatoms. The smallest absolute Gasteiger partial charge is 0.305 e. The largest absolute Gasteiger partial charge is 0.481 e. The summed E-state index contributed by atoms with van der Waals surface area (Å²) in [7, 11) is 0.